The van der Waals surface area contributed by atoms with E-state index >= 15 is 0 Å². The minimum Gasteiger partial charge on any atom is -0.493 e. The van der Waals surface area contributed by atoms with Gasteiger partial charge in [0.05, 0.1) is 26.2 Å². The quantitative estimate of drug-likeness (QED) is 0.557. The van der Waals surface area contributed by atoms with Crippen molar-refractivity contribution in [2.24, 2.45) is 0 Å². The molecule has 0 aliphatic carbocycles. The van der Waals surface area contributed by atoms with Crippen molar-refractivity contribution in [1.82, 2.24) is 10.4 Å². The zero-order valence-electron chi connectivity index (χ0n) is 15.9. The molecule has 1 N–H and O–H groups in total. The van der Waals surface area contributed by atoms with Crippen LogP contribution in [0.3, 0.4) is 0 Å². The van der Waals surface area contributed by atoms with Gasteiger partial charge >= 0.3 is 0 Å². The molecule has 0 atom stereocenters. The van der Waals surface area contributed by atoms with Crippen molar-refractivity contribution in [3.63, 3.8) is 0 Å². The van der Waals surface area contributed by atoms with E-state index in [0.717, 1.165) is 16.8 Å². The SMILES string of the molecule is COc1cc(C=C2SC(=S)N(NC(=O)c3ccccc3)C2=O)cc(OC)c1OC. The standard InChI is InChI=1S/C20H18N2O5S2/c1-25-14-9-12(10-15(26-2)17(14)27-3)11-16-19(24)22(20(28)29-16)21-18(23)13-7-5-4-6-8-13/h4-11H,1-3H3,(H,21,23). The largest absolute Gasteiger partial charge is 0.493 e. The number of nitrogens with zero attached hydrogens (tertiary/aromatic N) is 1. The van der Waals surface area contributed by atoms with E-state index in [9.17, 15) is 9.59 Å². The van der Waals surface area contributed by atoms with Crippen molar-refractivity contribution in [2.75, 3.05) is 21.3 Å². The topological polar surface area (TPSA) is 77.1 Å². The highest BCUT2D eigenvalue weighted by Gasteiger charge is 2.34. The highest BCUT2D eigenvalue weighted by atomic mass is 32.2. The summed E-state index contributed by atoms with van der Waals surface area (Å²) >= 11 is 6.35. The molecule has 2 amide bonds. The Bertz CT molecular complexity index is 967. The van der Waals surface area contributed by atoms with Crippen molar-refractivity contribution in [3.8, 4) is 17.2 Å². The molecule has 0 spiro atoms. The molecule has 9 heteroatoms. The molecule has 2 aromatic carbocycles. The number of nitrogens with one attached hydrogen (secondary N) is 1. The number of hydrazine groups is 1. The lowest BCUT2D eigenvalue weighted by molar-refractivity contribution is -0.123. The van der Waals surface area contributed by atoms with Gasteiger partial charge in [0, 0.05) is 5.56 Å². The first kappa shape index (κ1) is 20.7. The van der Waals surface area contributed by atoms with Gasteiger partial charge in [0.1, 0.15) is 0 Å². The summed E-state index contributed by atoms with van der Waals surface area (Å²) < 4.78 is 16.2. The molecule has 2 aromatic rings. The monoisotopic (exact) mass is 430 g/mol. The van der Waals surface area contributed by atoms with Crippen LogP contribution in [0.25, 0.3) is 6.08 Å². The Labute approximate surface area is 177 Å². The number of hydrogen-bond acceptors (Lipinski definition) is 7. The summed E-state index contributed by atoms with van der Waals surface area (Å²) in [4.78, 5) is 25.5. The number of thiocarbonyl (C=S) groups is 1. The van der Waals surface area contributed by atoms with Gasteiger partial charge in [0.2, 0.25) is 5.75 Å². The molecule has 0 bridgehead atoms. The molecule has 150 valence electrons. The number of ether oxygens (including phenoxy) is 3. The predicted octanol–water partition coefficient (Wildman–Crippen LogP) is 3.26. The first-order chi connectivity index (χ1) is 14.0. The van der Waals surface area contributed by atoms with E-state index in [1.165, 1.54) is 21.3 Å². The van der Waals surface area contributed by atoms with E-state index in [2.05, 4.69) is 5.43 Å². The molecule has 1 fully saturated rings. The second-order valence-corrected chi connectivity index (χ2v) is 7.46. The van der Waals surface area contributed by atoms with E-state index in [1.54, 1.807) is 48.5 Å². The lowest BCUT2D eigenvalue weighted by Crippen LogP contribution is -2.44. The van der Waals surface area contributed by atoms with Crippen LogP contribution >= 0.6 is 24.0 Å². The van der Waals surface area contributed by atoms with E-state index < -0.39 is 11.8 Å². The van der Waals surface area contributed by atoms with Crippen LogP contribution in [0.1, 0.15) is 15.9 Å². The van der Waals surface area contributed by atoms with Gasteiger partial charge in [0.15, 0.2) is 15.8 Å². The number of benzene rings is 2. The van der Waals surface area contributed by atoms with Gasteiger partial charge in [-0.2, -0.15) is 5.01 Å². The van der Waals surface area contributed by atoms with Crippen LogP contribution in [0.15, 0.2) is 47.4 Å². The molecule has 7 nitrogen and oxygen atoms in total. The molecule has 0 aromatic heterocycles. The smallest absolute Gasteiger partial charge is 0.285 e. The molecule has 3 rings (SSSR count). The Morgan fingerprint density at radius 2 is 1.69 bits per heavy atom. The Balaban J connectivity index is 1.85. The summed E-state index contributed by atoms with van der Waals surface area (Å²) in [5.41, 5.74) is 3.63. The number of amides is 2. The van der Waals surface area contributed by atoms with Gasteiger partial charge in [-0.3, -0.25) is 15.0 Å². The molecule has 1 heterocycles. The molecule has 0 unspecified atom stereocenters. The summed E-state index contributed by atoms with van der Waals surface area (Å²) in [6.45, 7) is 0. The van der Waals surface area contributed by atoms with Crippen LogP contribution in [0.5, 0.6) is 17.2 Å². The van der Waals surface area contributed by atoms with E-state index in [0.29, 0.717) is 33.3 Å². The molecule has 0 saturated carbocycles. The van der Waals surface area contributed by atoms with Gasteiger partial charge in [-0.05, 0) is 48.1 Å². The first-order valence-electron chi connectivity index (χ1n) is 8.42. The van der Waals surface area contributed by atoms with E-state index in [-0.39, 0.29) is 4.32 Å². The summed E-state index contributed by atoms with van der Waals surface area (Å²) in [5, 5.41) is 1.07. The maximum Gasteiger partial charge on any atom is 0.285 e. The molecule has 1 aliphatic rings. The number of hydrogen-bond donors (Lipinski definition) is 1. The number of thioether (sulfide) groups is 1. The normalized spacial score (nSPS) is 14.9. The Morgan fingerprint density at radius 1 is 1.07 bits per heavy atom. The van der Waals surface area contributed by atoms with Crippen molar-refractivity contribution in [3.05, 3.63) is 58.5 Å². The molecular weight excluding hydrogens is 412 g/mol. The lowest BCUT2D eigenvalue weighted by atomic mass is 10.1. The summed E-state index contributed by atoms with van der Waals surface area (Å²) in [7, 11) is 4.54. The van der Waals surface area contributed by atoms with Crippen LogP contribution in [-0.2, 0) is 4.79 Å². The molecular formula is C20H18N2O5S2. The van der Waals surface area contributed by atoms with Gasteiger partial charge in [-0.1, -0.05) is 30.0 Å². The minimum absolute atomic E-state index is 0.234. The fraction of sp³-hybridized carbons (Fsp3) is 0.150. The average Bonchev–Trinajstić information content (AvgIpc) is 3.00. The number of carbonyl (C=O) groups is 2. The lowest BCUT2D eigenvalue weighted by Gasteiger charge is -2.15. The predicted molar refractivity (Wildman–Crippen MR) is 115 cm³/mol. The van der Waals surface area contributed by atoms with Crippen LogP contribution in [0.4, 0.5) is 0 Å². The van der Waals surface area contributed by atoms with Crippen LogP contribution in [0, 0.1) is 0 Å². The zero-order valence-corrected chi connectivity index (χ0v) is 17.6. The maximum absolute atomic E-state index is 12.8. The van der Waals surface area contributed by atoms with Gasteiger partial charge in [0.25, 0.3) is 11.8 Å². The van der Waals surface area contributed by atoms with E-state index in [1.807, 2.05) is 0 Å². The highest BCUT2D eigenvalue weighted by Crippen LogP contribution is 2.40. The second kappa shape index (κ2) is 8.97. The second-order valence-electron chi connectivity index (χ2n) is 5.78. The van der Waals surface area contributed by atoms with Crippen molar-refractivity contribution in [2.45, 2.75) is 0 Å². The molecule has 29 heavy (non-hydrogen) atoms. The van der Waals surface area contributed by atoms with Crippen molar-refractivity contribution < 1.29 is 23.8 Å². The highest BCUT2D eigenvalue weighted by molar-refractivity contribution is 8.26. The number of methoxy groups -OCH3 is 3. The molecule has 0 radical (unpaired) electrons. The molecule has 1 aliphatic heterocycles. The van der Waals surface area contributed by atoms with Crippen LogP contribution in [-0.4, -0.2) is 42.5 Å². The number of carbonyl (C=O) groups excluding carboxylic acids is 2. The van der Waals surface area contributed by atoms with Crippen LogP contribution in [0.2, 0.25) is 0 Å². The number of rotatable bonds is 6. The third-order valence-corrected chi connectivity index (χ3v) is 5.33. The van der Waals surface area contributed by atoms with Gasteiger partial charge in [-0.25, -0.2) is 0 Å². The third-order valence-electron chi connectivity index (χ3n) is 4.03. The average molecular weight is 431 g/mol. The van der Waals surface area contributed by atoms with Gasteiger partial charge < -0.3 is 14.2 Å². The minimum atomic E-state index is -0.420. The Morgan fingerprint density at radius 3 is 2.24 bits per heavy atom. The first-order valence-corrected chi connectivity index (χ1v) is 9.65. The zero-order chi connectivity index (χ0) is 21.0. The fourth-order valence-corrected chi connectivity index (χ4v) is 3.84. The van der Waals surface area contributed by atoms with Crippen LogP contribution < -0.4 is 19.6 Å². The Kier molecular flexibility index (Phi) is 6.40. The Hall–Kier alpha value is -3.04. The fourth-order valence-electron chi connectivity index (χ4n) is 2.66. The summed E-state index contributed by atoms with van der Waals surface area (Å²) in [6.07, 6.45) is 1.65. The maximum atomic E-state index is 12.8. The van der Waals surface area contributed by atoms with Gasteiger partial charge in [-0.15, -0.1) is 0 Å². The van der Waals surface area contributed by atoms with Crippen molar-refractivity contribution in [1.29, 1.82) is 0 Å². The molecule has 1 saturated heterocycles. The van der Waals surface area contributed by atoms with Crippen molar-refractivity contribution >= 4 is 46.2 Å². The summed E-state index contributed by atoms with van der Waals surface area (Å²) in [5.74, 6) is 0.542. The third kappa shape index (κ3) is 4.36. The summed E-state index contributed by atoms with van der Waals surface area (Å²) in [6, 6.07) is 12.0. The van der Waals surface area contributed by atoms with E-state index in [4.69, 9.17) is 26.4 Å².